The molecule has 84 valence electrons. The molecule has 3 nitrogen and oxygen atoms in total. The molecule has 0 bridgehead atoms. The van der Waals surface area contributed by atoms with E-state index in [0.717, 1.165) is 18.8 Å². The molecule has 14 heavy (non-hydrogen) atoms. The molecule has 1 atom stereocenters. The van der Waals surface area contributed by atoms with Crippen molar-refractivity contribution in [2.45, 2.75) is 50.3 Å². The van der Waals surface area contributed by atoms with Gasteiger partial charge in [-0.25, -0.2) is 8.42 Å². The van der Waals surface area contributed by atoms with Crippen LogP contribution >= 0.6 is 0 Å². The molecule has 1 fully saturated rings. The quantitative estimate of drug-likeness (QED) is 0.759. The molecule has 2 N–H and O–H groups in total. The summed E-state index contributed by atoms with van der Waals surface area (Å²) in [6.45, 7) is 3.44. The van der Waals surface area contributed by atoms with E-state index in [4.69, 9.17) is 5.73 Å². The van der Waals surface area contributed by atoms with Gasteiger partial charge in [0.15, 0.2) is 9.84 Å². The molecule has 0 aromatic heterocycles. The standard InChI is InChI=1S/C10H21NO2S/c1-10(2,14(3,12)13)9(11)7-6-8-4-5-8/h8-9H,4-7,11H2,1-3H3. The first-order valence-corrected chi connectivity index (χ1v) is 7.09. The van der Waals surface area contributed by atoms with Crippen LogP contribution in [0.15, 0.2) is 0 Å². The van der Waals surface area contributed by atoms with Crippen LogP contribution in [0.4, 0.5) is 0 Å². The maximum Gasteiger partial charge on any atom is 0.154 e. The maximum atomic E-state index is 11.5. The molecule has 4 heteroatoms. The number of rotatable bonds is 5. The van der Waals surface area contributed by atoms with Crippen molar-refractivity contribution in [1.29, 1.82) is 0 Å². The predicted octanol–water partition coefficient (Wildman–Crippen LogP) is 1.33. The average molecular weight is 219 g/mol. The van der Waals surface area contributed by atoms with Crippen molar-refractivity contribution in [2.24, 2.45) is 11.7 Å². The predicted molar refractivity (Wildman–Crippen MR) is 58.9 cm³/mol. The van der Waals surface area contributed by atoms with E-state index < -0.39 is 14.6 Å². The summed E-state index contributed by atoms with van der Waals surface area (Å²) in [4.78, 5) is 0. The average Bonchev–Trinajstić information content (AvgIpc) is 2.80. The minimum absolute atomic E-state index is 0.238. The number of hydrogen-bond acceptors (Lipinski definition) is 3. The highest BCUT2D eigenvalue weighted by molar-refractivity contribution is 7.92. The minimum Gasteiger partial charge on any atom is -0.326 e. The molecular formula is C10H21NO2S. The van der Waals surface area contributed by atoms with Gasteiger partial charge >= 0.3 is 0 Å². The van der Waals surface area contributed by atoms with E-state index in [1.807, 2.05) is 0 Å². The maximum absolute atomic E-state index is 11.5. The van der Waals surface area contributed by atoms with Gasteiger partial charge in [-0.1, -0.05) is 12.8 Å². The summed E-state index contributed by atoms with van der Waals surface area (Å²) < 4.78 is 22.2. The van der Waals surface area contributed by atoms with Gasteiger partial charge in [0.25, 0.3) is 0 Å². The summed E-state index contributed by atoms with van der Waals surface area (Å²) in [6.07, 6.45) is 5.77. The third-order valence-electron chi connectivity index (χ3n) is 3.43. The molecule has 0 heterocycles. The Bertz CT molecular complexity index is 291. The van der Waals surface area contributed by atoms with Gasteiger partial charge in [0, 0.05) is 12.3 Å². The summed E-state index contributed by atoms with van der Waals surface area (Å²) in [5, 5.41) is 0. The largest absolute Gasteiger partial charge is 0.326 e. The zero-order valence-electron chi connectivity index (χ0n) is 9.29. The van der Waals surface area contributed by atoms with Crippen molar-refractivity contribution >= 4 is 9.84 Å². The van der Waals surface area contributed by atoms with Crippen molar-refractivity contribution in [2.75, 3.05) is 6.26 Å². The van der Waals surface area contributed by atoms with Crippen molar-refractivity contribution in [3.8, 4) is 0 Å². The number of hydrogen-bond donors (Lipinski definition) is 1. The van der Waals surface area contributed by atoms with Crippen LogP contribution in [-0.2, 0) is 9.84 Å². The molecule has 1 saturated carbocycles. The first kappa shape index (κ1) is 12.0. The van der Waals surface area contributed by atoms with E-state index in [1.54, 1.807) is 13.8 Å². The third-order valence-corrected chi connectivity index (χ3v) is 5.65. The van der Waals surface area contributed by atoms with E-state index in [-0.39, 0.29) is 6.04 Å². The van der Waals surface area contributed by atoms with Gasteiger partial charge < -0.3 is 5.73 Å². The third kappa shape index (κ3) is 2.70. The van der Waals surface area contributed by atoms with Crippen LogP contribution in [-0.4, -0.2) is 25.5 Å². The zero-order chi connectivity index (χ0) is 11.0. The van der Waals surface area contributed by atoms with Gasteiger partial charge in [0.05, 0.1) is 4.75 Å². The Labute approximate surface area is 87.0 Å². The minimum atomic E-state index is -3.05. The Morgan fingerprint density at radius 2 is 1.93 bits per heavy atom. The summed E-state index contributed by atoms with van der Waals surface area (Å²) in [5.41, 5.74) is 5.93. The topological polar surface area (TPSA) is 60.2 Å². The van der Waals surface area contributed by atoms with Gasteiger partial charge in [0.1, 0.15) is 0 Å². The summed E-state index contributed by atoms with van der Waals surface area (Å²) >= 11 is 0. The molecule has 1 aliphatic carbocycles. The Balaban J connectivity index is 2.52. The highest BCUT2D eigenvalue weighted by atomic mass is 32.2. The van der Waals surface area contributed by atoms with Crippen LogP contribution in [0.3, 0.4) is 0 Å². The van der Waals surface area contributed by atoms with Crippen molar-refractivity contribution in [3.05, 3.63) is 0 Å². The molecule has 0 amide bonds. The molecule has 0 spiro atoms. The number of sulfone groups is 1. The lowest BCUT2D eigenvalue weighted by Gasteiger charge is -2.29. The fourth-order valence-electron chi connectivity index (χ4n) is 1.44. The Morgan fingerprint density at radius 3 is 2.29 bits per heavy atom. The molecular weight excluding hydrogens is 198 g/mol. The molecule has 1 aliphatic rings. The molecule has 0 aromatic carbocycles. The lowest BCUT2D eigenvalue weighted by Crippen LogP contribution is -2.48. The molecule has 1 rings (SSSR count). The summed E-state index contributed by atoms with van der Waals surface area (Å²) in [5.74, 6) is 0.816. The molecule has 0 saturated heterocycles. The first-order chi connectivity index (χ1) is 6.25. The molecule has 0 aromatic rings. The zero-order valence-corrected chi connectivity index (χ0v) is 10.1. The lowest BCUT2D eigenvalue weighted by atomic mass is 9.98. The molecule has 1 unspecified atom stereocenters. The fourth-order valence-corrected chi connectivity index (χ4v) is 2.11. The Hall–Kier alpha value is -0.0900. The van der Waals surface area contributed by atoms with Crippen LogP contribution < -0.4 is 5.73 Å². The Morgan fingerprint density at radius 1 is 1.43 bits per heavy atom. The van der Waals surface area contributed by atoms with Gasteiger partial charge in [-0.3, -0.25) is 0 Å². The van der Waals surface area contributed by atoms with Crippen LogP contribution in [0.5, 0.6) is 0 Å². The highest BCUT2D eigenvalue weighted by Crippen LogP contribution is 2.35. The van der Waals surface area contributed by atoms with Crippen molar-refractivity contribution in [1.82, 2.24) is 0 Å². The van der Waals surface area contributed by atoms with Gasteiger partial charge in [0.2, 0.25) is 0 Å². The molecule has 0 radical (unpaired) electrons. The van der Waals surface area contributed by atoms with Crippen molar-refractivity contribution in [3.63, 3.8) is 0 Å². The summed E-state index contributed by atoms with van der Waals surface area (Å²) in [7, 11) is -3.05. The second-order valence-corrected chi connectivity index (χ2v) is 7.60. The van der Waals surface area contributed by atoms with E-state index in [2.05, 4.69) is 0 Å². The Kier molecular flexibility index (Phi) is 3.26. The van der Waals surface area contributed by atoms with Crippen LogP contribution in [0.2, 0.25) is 0 Å². The van der Waals surface area contributed by atoms with Crippen molar-refractivity contribution < 1.29 is 8.42 Å². The van der Waals surface area contributed by atoms with Gasteiger partial charge in [-0.05, 0) is 32.6 Å². The number of nitrogens with two attached hydrogens (primary N) is 1. The van der Waals surface area contributed by atoms with Crippen LogP contribution in [0, 0.1) is 5.92 Å². The second-order valence-electron chi connectivity index (χ2n) is 5.00. The monoisotopic (exact) mass is 219 g/mol. The van der Waals surface area contributed by atoms with E-state index in [1.165, 1.54) is 19.1 Å². The van der Waals surface area contributed by atoms with E-state index in [9.17, 15) is 8.42 Å². The van der Waals surface area contributed by atoms with Gasteiger partial charge in [-0.2, -0.15) is 0 Å². The van der Waals surface area contributed by atoms with Gasteiger partial charge in [-0.15, -0.1) is 0 Å². The lowest BCUT2D eigenvalue weighted by molar-refractivity contribution is 0.444. The normalized spacial score (nSPS) is 20.9. The van der Waals surface area contributed by atoms with Crippen LogP contribution in [0.25, 0.3) is 0 Å². The summed E-state index contributed by atoms with van der Waals surface area (Å²) in [6, 6.07) is -0.238. The first-order valence-electron chi connectivity index (χ1n) is 5.20. The van der Waals surface area contributed by atoms with E-state index in [0.29, 0.717) is 0 Å². The van der Waals surface area contributed by atoms with E-state index >= 15 is 0 Å². The highest BCUT2D eigenvalue weighted by Gasteiger charge is 2.37. The fraction of sp³-hybridized carbons (Fsp3) is 1.00. The smallest absolute Gasteiger partial charge is 0.154 e. The second kappa shape index (κ2) is 3.81. The molecule has 0 aliphatic heterocycles. The SMILES string of the molecule is CC(C)(C(N)CCC1CC1)S(C)(=O)=O. The van der Waals surface area contributed by atoms with Crippen LogP contribution in [0.1, 0.15) is 39.5 Å².